The van der Waals surface area contributed by atoms with Crippen LogP contribution in [0.15, 0.2) is 18.2 Å². The van der Waals surface area contributed by atoms with Crippen molar-refractivity contribution in [1.82, 2.24) is 0 Å². The Balaban J connectivity index is 0.00000161. The predicted octanol–water partition coefficient (Wildman–Crippen LogP) is 3.56. The lowest BCUT2D eigenvalue weighted by Gasteiger charge is -2.39. The van der Waals surface area contributed by atoms with Crippen molar-refractivity contribution in [2.45, 2.75) is 44.6 Å². The second kappa shape index (κ2) is 6.15. The first-order chi connectivity index (χ1) is 9.49. The van der Waals surface area contributed by atoms with E-state index in [9.17, 15) is 4.79 Å². The summed E-state index contributed by atoms with van der Waals surface area (Å²) in [6.45, 7) is 2.77. The first-order valence-electron chi connectivity index (χ1n) is 7.38. The minimum absolute atomic E-state index is 0. The topological polar surface area (TPSA) is 46.3 Å². The van der Waals surface area contributed by atoms with Crippen LogP contribution in [-0.2, 0) is 11.2 Å². The molecule has 1 aromatic carbocycles. The molecule has 3 nitrogen and oxygen atoms in total. The summed E-state index contributed by atoms with van der Waals surface area (Å²) >= 11 is 6.07. The minimum atomic E-state index is -0.378. The maximum atomic E-state index is 12.9. The molecule has 1 amide bonds. The molecule has 0 bridgehead atoms. The smallest absolute Gasteiger partial charge is 0.231 e. The fourth-order valence-corrected chi connectivity index (χ4v) is 3.70. The van der Waals surface area contributed by atoms with Crippen molar-refractivity contribution in [2.75, 3.05) is 11.4 Å². The lowest BCUT2D eigenvalue weighted by Crippen LogP contribution is -2.53. The Kier molecular flexibility index (Phi) is 4.86. The molecule has 0 radical (unpaired) electrons. The molecule has 0 saturated heterocycles. The molecular weight excluding hydrogens is 307 g/mol. The third-order valence-electron chi connectivity index (χ3n) is 4.76. The predicted molar refractivity (Wildman–Crippen MR) is 89.3 cm³/mol. The molecule has 0 spiro atoms. The van der Waals surface area contributed by atoms with Gasteiger partial charge in [0.2, 0.25) is 5.91 Å². The van der Waals surface area contributed by atoms with E-state index in [-0.39, 0.29) is 29.8 Å². The molecule has 116 valence electrons. The Morgan fingerprint density at radius 1 is 1.43 bits per heavy atom. The highest BCUT2D eigenvalue weighted by Gasteiger charge is 2.41. The number of carbonyl (C=O) groups is 1. The summed E-state index contributed by atoms with van der Waals surface area (Å²) in [5, 5.41) is 0.683. The van der Waals surface area contributed by atoms with Gasteiger partial charge in [-0.2, -0.15) is 0 Å². The van der Waals surface area contributed by atoms with E-state index in [0.717, 1.165) is 44.3 Å². The number of rotatable bonds is 1. The van der Waals surface area contributed by atoms with Gasteiger partial charge < -0.3 is 10.6 Å². The van der Waals surface area contributed by atoms with E-state index < -0.39 is 0 Å². The van der Waals surface area contributed by atoms with Crippen molar-refractivity contribution in [3.8, 4) is 0 Å². The largest absolute Gasteiger partial charge is 0.325 e. The molecule has 1 heterocycles. The van der Waals surface area contributed by atoms with Gasteiger partial charge in [-0.25, -0.2) is 0 Å². The number of benzene rings is 1. The highest BCUT2D eigenvalue weighted by Crippen LogP contribution is 2.37. The Bertz CT molecular complexity index is 545. The zero-order valence-corrected chi connectivity index (χ0v) is 13.8. The van der Waals surface area contributed by atoms with E-state index >= 15 is 0 Å². The van der Waals surface area contributed by atoms with Gasteiger partial charge in [0, 0.05) is 22.8 Å². The Morgan fingerprint density at radius 2 is 2.19 bits per heavy atom. The first kappa shape index (κ1) is 16.6. The number of fused-ring (bicyclic) bond motifs is 1. The van der Waals surface area contributed by atoms with Gasteiger partial charge in [0.15, 0.2) is 0 Å². The van der Waals surface area contributed by atoms with Crippen molar-refractivity contribution >= 4 is 35.6 Å². The highest BCUT2D eigenvalue weighted by atomic mass is 35.5. The van der Waals surface area contributed by atoms with Crippen LogP contribution in [0.3, 0.4) is 0 Å². The minimum Gasteiger partial charge on any atom is -0.325 e. The summed E-state index contributed by atoms with van der Waals surface area (Å²) in [7, 11) is 0. The molecule has 3 rings (SSSR count). The fraction of sp³-hybridized carbons (Fsp3) is 0.562. The maximum absolute atomic E-state index is 12.9. The number of anilines is 1. The first-order valence-corrected chi connectivity index (χ1v) is 7.75. The van der Waals surface area contributed by atoms with Crippen LogP contribution in [0.4, 0.5) is 5.69 Å². The second-order valence-electron chi connectivity index (χ2n) is 6.32. The quantitative estimate of drug-likeness (QED) is 0.856. The molecule has 1 fully saturated rings. The zero-order valence-electron chi connectivity index (χ0n) is 12.3. The van der Waals surface area contributed by atoms with E-state index in [1.165, 1.54) is 5.56 Å². The molecule has 2 unspecified atom stereocenters. The number of nitrogens with two attached hydrogens (primary N) is 1. The number of nitrogens with zero attached hydrogens (tertiary/aromatic N) is 1. The van der Waals surface area contributed by atoms with Gasteiger partial charge in [-0.15, -0.1) is 12.4 Å². The highest BCUT2D eigenvalue weighted by molar-refractivity contribution is 6.31. The van der Waals surface area contributed by atoms with Gasteiger partial charge in [-0.1, -0.05) is 30.5 Å². The summed E-state index contributed by atoms with van der Waals surface area (Å²) in [6, 6.07) is 5.81. The van der Waals surface area contributed by atoms with E-state index in [1.54, 1.807) is 0 Å². The molecule has 1 aliphatic heterocycles. The second-order valence-corrected chi connectivity index (χ2v) is 6.75. The summed E-state index contributed by atoms with van der Waals surface area (Å²) in [5.74, 6) is 0.108. The van der Waals surface area contributed by atoms with Crippen LogP contribution < -0.4 is 10.6 Å². The summed E-state index contributed by atoms with van der Waals surface area (Å²) in [5.41, 5.74) is 8.17. The average Bonchev–Trinajstić information content (AvgIpc) is 2.80. The standard InChI is InChI=1S/C16H21ClN2O.ClH/c1-16(18)8-3-2-4-13(16)15(20)19-9-7-11-5-6-12(17)10-14(11)19;/h5-6,10,13H,2-4,7-9,18H2,1H3;1H. The number of halogens is 2. The third-order valence-corrected chi connectivity index (χ3v) is 5.00. The van der Waals surface area contributed by atoms with Crippen LogP contribution in [0.5, 0.6) is 0 Å². The molecule has 21 heavy (non-hydrogen) atoms. The molecule has 2 N–H and O–H groups in total. The van der Waals surface area contributed by atoms with Gasteiger partial charge in [0.05, 0.1) is 5.92 Å². The van der Waals surface area contributed by atoms with E-state index in [4.69, 9.17) is 17.3 Å². The molecule has 1 aliphatic carbocycles. The number of hydrogen-bond donors (Lipinski definition) is 1. The SMILES string of the molecule is CC1(N)CCCCC1C(=O)N1CCc2ccc(Cl)cc21.Cl. The lowest BCUT2D eigenvalue weighted by atomic mass is 9.74. The van der Waals surface area contributed by atoms with Gasteiger partial charge in [-0.05, 0) is 43.9 Å². The number of hydrogen-bond acceptors (Lipinski definition) is 2. The van der Waals surface area contributed by atoms with Crippen LogP contribution in [0.1, 0.15) is 38.2 Å². The van der Waals surface area contributed by atoms with Crippen LogP contribution in [-0.4, -0.2) is 18.0 Å². The monoisotopic (exact) mass is 328 g/mol. The van der Waals surface area contributed by atoms with Gasteiger partial charge in [0.1, 0.15) is 0 Å². The molecule has 5 heteroatoms. The fourth-order valence-electron chi connectivity index (χ4n) is 3.53. The molecule has 0 aromatic heterocycles. The van der Waals surface area contributed by atoms with Crippen LogP contribution >= 0.6 is 24.0 Å². The Hall–Kier alpha value is -0.770. The van der Waals surface area contributed by atoms with Gasteiger partial charge in [0.25, 0.3) is 0 Å². The number of amides is 1. The van der Waals surface area contributed by atoms with Crippen molar-refractivity contribution in [3.05, 3.63) is 28.8 Å². The lowest BCUT2D eigenvalue weighted by molar-refractivity contribution is -0.125. The molecular formula is C16H22Cl2N2O. The van der Waals surface area contributed by atoms with E-state index in [0.29, 0.717) is 5.02 Å². The molecule has 2 aliphatic rings. The van der Waals surface area contributed by atoms with Crippen molar-refractivity contribution < 1.29 is 4.79 Å². The van der Waals surface area contributed by atoms with E-state index in [2.05, 4.69) is 0 Å². The average molecular weight is 329 g/mol. The number of carbonyl (C=O) groups excluding carboxylic acids is 1. The summed E-state index contributed by atoms with van der Waals surface area (Å²) < 4.78 is 0. The van der Waals surface area contributed by atoms with Crippen LogP contribution in [0.25, 0.3) is 0 Å². The summed E-state index contributed by atoms with van der Waals surface area (Å²) in [4.78, 5) is 14.8. The van der Waals surface area contributed by atoms with Crippen molar-refractivity contribution in [1.29, 1.82) is 0 Å². The Labute approximate surface area is 137 Å². The zero-order chi connectivity index (χ0) is 14.3. The van der Waals surface area contributed by atoms with Crippen molar-refractivity contribution in [2.24, 2.45) is 11.7 Å². The van der Waals surface area contributed by atoms with E-state index in [1.807, 2.05) is 30.0 Å². The van der Waals surface area contributed by atoms with Crippen LogP contribution in [0.2, 0.25) is 5.02 Å². The molecule has 2 atom stereocenters. The van der Waals surface area contributed by atoms with Gasteiger partial charge >= 0.3 is 0 Å². The maximum Gasteiger partial charge on any atom is 0.231 e. The molecule has 1 saturated carbocycles. The third kappa shape index (κ3) is 3.05. The normalized spacial score (nSPS) is 28.0. The molecule has 1 aromatic rings. The van der Waals surface area contributed by atoms with Gasteiger partial charge in [-0.3, -0.25) is 4.79 Å². The summed E-state index contributed by atoms with van der Waals surface area (Å²) in [6.07, 6.45) is 4.96. The van der Waals surface area contributed by atoms with Crippen molar-refractivity contribution in [3.63, 3.8) is 0 Å². The van der Waals surface area contributed by atoms with Crippen LogP contribution in [0, 0.1) is 5.92 Å². The Morgan fingerprint density at radius 3 is 2.90 bits per heavy atom.